The Morgan fingerprint density at radius 1 is 1.40 bits per heavy atom. The molecule has 2 N–H and O–H groups in total. The Bertz CT molecular complexity index is 219. The molecule has 0 atom stereocenters. The van der Waals surface area contributed by atoms with E-state index in [0.717, 1.165) is 6.42 Å². The first-order chi connectivity index (χ1) is 4.88. The third kappa shape index (κ3) is 1.18. The van der Waals surface area contributed by atoms with Crippen LogP contribution < -0.4 is 5.73 Å². The molecule has 52 valence electrons. The summed E-state index contributed by atoms with van der Waals surface area (Å²) in [6.07, 6.45) is 10.5. The van der Waals surface area contributed by atoms with Gasteiger partial charge >= 0.3 is 0 Å². The first kappa shape index (κ1) is 6.87. The summed E-state index contributed by atoms with van der Waals surface area (Å²) in [6.45, 7) is 3.69. The molecule has 0 unspecified atom stereocenters. The Hall–Kier alpha value is -1.24. The predicted molar refractivity (Wildman–Crippen MR) is 44.3 cm³/mol. The Kier molecular flexibility index (Phi) is 2.11. The Balaban J connectivity index is 2.78. The minimum Gasteiger partial charge on any atom is -0.405 e. The molecule has 0 aromatic rings. The molecule has 1 aliphatic rings. The average Bonchev–Trinajstić information content (AvgIpc) is 2.36. The van der Waals surface area contributed by atoms with Crippen LogP contribution in [0.2, 0.25) is 0 Å². The second-order valence-electron chi connectivity index (χ2n) is 2.12. The van der Waals surface area contributed by atoms with Gasteiger partial charge in [-0.1, -0.05) is 24.8 Å². The molecular formula is C9H11N. The molecule has 1 heteroatoms. The van der Waals surface area contributed by atoms with E-state index in [2.05, 4.69) is 18.7 Å². The molecule has 1 rings (SSSR count). The van der Waals surface area contributed by atoms with Gasteiger partial charge in [0, 0.05) is 0 Å². The standard InChI is InChI=1S/C9H11N/c1-2-8-4-3-5-9(8)6-7-10/h2,4-7H,1,3,10H2/b7-6-. The number of rotatable bonds is 2. The van der Waals surface area contributed by atoms with Gasteiger partial charge in [0.05, 0.1) is 0 Å². The van der Waals surface area contributed by atoms with Crippen LogP contribution in [-0.2, 0) is 0 Å². The van der Waals surface area contributed by atoms with Crippen molar-refractivity contribution in [1.82, 2.24) is 0 Å². The number of allylic oxidation sites excluding steroid dienone is 6. The molecule has 0 radical (unpaired) electrons. The van der Waals surface area contributed by atoms with Gasteiger partial charge in [0.2, 0.25) is 0 Å². The summed E-state index contributed by atoms with van der Waals surface area (Å²) in [7, 11) is 0. The van der Waals surface area contributed by atoms with Crippen molar-refractivity contribution in [3.63, 3.8) is 0 Å². The minimum atomic E-state index is 1.00. The summed E-state index contributed by atoms with van der Waals surface area (Å²) in [4.78, 5) is 0. The third-order valence-electron chi connectivity index (χ3n) is 1.50. The van der Waals surface area contributed by atoms with Gasteiger partial charge in [-0.2, -0.15) is 0 Å². The van der Waals surface area contributed by atoms with Crippen molar-refractivity contribution >= 4 is 0 Å². The molecule has 0 aliphatic heterocycles. The highest BCUT2D eigenvalue weighted by Gasteiger charge is 2.01. The molecule has 1 nitrogen and oxygen atoms in total. The Morgan fingerprint density at radius 3 is 2.70 bits per heavy atom. The Labute approximate surface area is 61.2 Å². The second-order valence-corrected chi connectivity index (χ2v) is 2.12. The summed E-state index contributed by atoms with van der Waals surface area (Å²) in [5, 5.41) is 0. The molecule has 0 spiro atoms. The van der Waals surface area contributed by atoms with Gasteiger partial charge < -0.3 is 5.73 Å². The van der Waals surface area contributed by atoms with Crippen molar-refractivity contribution in [2.75, 3.05) is 0 Å². The zero-order valence-corrected chi connectivity index (χ0v) is 5.88. The predicted octanol–water partition coefficient (Wildman–Crippen LogP) is 1.90. The van der Waals surface area contributed by atoms with Gasteiger partial charge in [0.25, 0.3) is 0 Å². The fourth-order valence-electron chi connectivity index (χ4n) is 1.02. The van der Waals surface area contributed by atoms with Gasteiger partial charge in [0.15, 0.2) is 0 Å². The summed E-state index contributed by atoms with van der Waals surface area (Å²) < 4.78 is 0. The van der Waals surface area contributed by atoms with Gasteiger partial charge in [-0.3, -0.25) is 0 Å². The highest BCUT2D eigenvalue weighted by molar-refractivity contribution is 5.49. The van der Waals surface area contributed by atoms with Crippen LogP contribution >= 0.6 is 0 Å². The molecule has 0 aromatic carbocycles. The van der Waals surface area contributed by atoms with Crippen molar-refractivity contribution in [3.05, 3.63) is 48.2 Å². The summed E-state index contributed by atoms with van der Waals surface area (Å²) in [6, 6.07) is 0. The lowest BCUT2D eigenvalue weighted by atomic mass is 10.1. The number of nitrogens with two attached hydrogens (primary N) is 1. The van der Waals surface area contributed by atoms with Crippen LogP contribution in [-0.4, -0.2) is 0 Å². The maximum absolute atomic E-state index is 5.24. The molecule has 0 saturated heterocycles. The van der Waals surface area contributed by atoms with E-state index < -0.39 is 0 Å². The van der Waals surface area contributed by atoms with Gasteiger partial charge in [-0.05, 0) is 29.8 Å². The number of hydrogen-bond donors (Lipinski definition) is 1. The Morgan fingerprint density at radius 2 is 2.10 bits per heavy atom. The lowest BCUT2D eigenvalue weighted by molar-refractivity contribution is 1.44. The van der Waals surface area contributed by atoms with E-state index >= 15 is 0 Å². The van der Waals surface area contributed by atoms with Crippen molar-refractivity contribution in [2.24, 2.45) is 5.73 Å². The molecule has 0 fully saturated rings. The van der Waals surface area contributed by atoms with Crippen LogP contribution in [0.5, 0.6) is 0 Å². The fraction of sp³-hybridized carbons (Fsp3) is 0.111. The van der Waals surface area contributed by atoms with E-state index in [1.165, 1.54) is 11.1 Å². The maximum Gasteiger partial charge on any atom is -0.00563 e. The zero-order chi connectivity index (χ0) is 7.40. The molecule has 0 saturated carbocycles. The highest BCUT2D eigenvalue weighted by atomic mass is 14.5. The van der Waals surface area contributed by atoms with E-state index in [4.69, 9.17) is 5.73 Å². The van der Waals surface area contributed by atoms with Crippen LogP contribution in [0.15, 0.2) is 48.2 Å². The van der Waals surface area contributed by atoms with Crippen molar-refractivity contribution in [2.45, 2.75) is 6.42 Å². The second kappa shape index (κ2) is 3.06. The fourth-order valence-corrected chi connectivity index (χ4v) is 1.02. The topological polar surface area (TPSA) is 26.0 Å². The molecular weight excluding hydrogens is 122 g/mol. The largest absolute Gasteiger partial charge is 0.405 e. The van der Waals surface area contributed by atoms with Crippen LogP contribution in [0.25, 0.3) is 0 Å². The van der Waals surface area contributed by atoms with Crippen LogP contribution in [0.1, 0.15) is 6.42 Å². The van der Waals surface area contributed by atoms with Gasteiger partial charge in [-0.15, -0.1) is 0 Å². The smallest absolute Gasteiger partial charge is 0.00563 e. The highest BCUT2D eigenvalue weighted by Crippen LogP contribution is 2.20. The minimum absolute atomic E-state index is 1.00. The van der Waals surface area contributed by atoms with Crippen molar-refractivity contribution in [1.29, 1.82) is 0 Å². The van der Waals surface area contributed by atoms with Crippen LogP contribution in [0, 0.1) is 0 Å². The van der Waals surface area contributed by atoms with E-state index in [1.807, 2.05) is 12.2 Å². The molecule has 1 aliphatic carbocycles. The van der Waals surface area contributed by atoms with E-state index in [1.54, 1.807) is 6.20 Å². The number of hydrogen-bond acceptors (Lipinski definition) is 1. The molecule has 0 bridgehead atoms. The lowest BCUT2D eigenvalue weighted by Gasteiger charge is -1.93. The van der Waals surface area contributed by atoms with E-state index in [-0.39, 0.29) is 0 Å². The monoisotopic (exact) mass is 133 g/mol. The normalized spacial score (nSPS) is 17.2. The van der Waals surface area contributed by atoms with Crippen LogP contribution in [0.3, 0.4) is 0 Å². The SMILES string of the molecule is C=CC1=CCC=C1/C=C\N. The van der Waals surface area contributed by atoms with E-state index in [9.17, 15) is 0 Å². The first-order valence-electron chi connectivity index (χ1n) is 3.30. The summed E-state index contributed by atoms with van der Waals surface area (Å²) in [5.41, 5.74) is 7.60. The zero-order valence-electron chi connectivity index (χ0n) is 5.88. The summed E-state index contributed by atoms with van der Waals surface area (Å²) >= 11 is 0. The average molecular weight is 133 g/mol. The van der Waals surface area contributed by atoms with Gasteiger partial charge in [0.1, 0.15) is 0 Å². The third-order valence-corrected chi connectivity index (χ3v) is 1.50. The van der Waals surface area contributed by atoms with Crippen molar-refractivity contribution in [3.8, 4) is 0 Å². The molecule has 0 heterocycles. The van der Waals surface area contributed by atoms with Crippen molar-refractivity contribution < 1.29 is 0 Å². The van der Waals surface area contributed by atoms with Gasteiger partial charge in [-0.25, -0.2) is 0 Å². The van der Waals surface area contributed by atoms with Crippen LogP contribution in [0.4, 0.5) is 0 Å². The first-order valence-corrected chi connectivity index (χ1v) is 3.30. The molecule has 0 aromatic heterocycles. The van der Waals surface area contributed by atoms with E-state index in [0.29, 0.717) is 0 Å². The summed E-state index contributed by atoms with van der Waals surface area (Å²) in [5.74, 6) is 0. The molecule has 10 heavy (non-hydrogen) atoms. The quantitative estimate of drug-likeness (QED) is 0.611. The lowest BCUT2D eigenvalue weighted by Crippen LogP contribution is -1.80. The maximum atomic E-state index is 5.24. The molecule has 0 amide bonds.